The van der Waals surface area contributed by atoms with Crippen LogP contribution in [0, 0.1) is 5.41 Å². The summed E-state index contributed by atoms with van der Waals surface area (Å²) in [4.78, 5) is 31.8. The quantitative estimate of drug-likeness (QED) is 0.410. The summed E-state index contributed by atoms with van der Waals surface area (Å²) in [6.07, 6.45) is 3.62. The second-order valence-corrected chi connectivity index (χ2v) is 9.89. The molecule has 0 aliphatic carbocycles. The van der Waals surface area contributed by atoms with E-state index in [-0.39, 0.29) is 11.3 Å². The van der Waals surface area contributed by atoms with Gasteiger partial charge in [-0.25, -0.2) is 9.97 Å². The van der Waals surface area contributed by atoms with Crippen LogP contribution >= 0.6 is 0 Å². The third-order valence-corrected chi connectivity index (χ3v) is 7.04. The molecule has 0 bridgehead atoms. The number of fused-ring (bicyclic) bond motifs is 1. The Morgan fingerprint density at radius 1 is 1.03 bits per heavy atom. The predicted octanol–water partition coefficient (Wildman–Crippen LogP) is 2.97. The number of hydrogen-bond donors (Lipinski definition) is 1. The molecule has 12 heteroatoms. The lowest BCUT2D eigenvalue weighted by Crippen LogP contribution is -2.66. The minimum Gasteiger partial charge on any atom is -0.422 e. The third kappa shape index (κ3) is 4.81. The van der Waals surface area contributed by atoms with Crippen molar-refractivity contribution in [2.45, 2.75) is 13.8 Å². The number of pyridine rings is 2. The molecule has 7 heterocycles. The summed E-state index contributed by atoms with van der Waals surface area (Å²) < 4.78 is 18.6. The van der Waals surface area contributed by atoms with E-state index in [9.17, 15) is 4.79 Å². The van der Waals surface area contributed by atoms with Crippen LogP contribution in [-0.4, -0.2) is 83.2 Å². The standard InChI is InChI=1S/C25H26N8O4.C2H6/c1-31-11-16(10-26-31)18-3-2-4-20(27-18)28-23(34)17-9-19-21(30-24(37-19)32-5-7-35-8-6-32)29-22(17)33-12-25(13-33)14-36-15-25;1-2/h2-4,9-11H,5-8,12-15H2,1H3,(H,27,28,34);1-2H3. The molecular formula is C27H32N8O4. The van der Waals surface area contributed by atoms with Gasteiger partial charge < -0.3 is 29.0 Å². The number of nitrogens with zero attached hydrogens (tertiary/aromatic N) is 7. The van der Waals surface area contributed by atoms with Crippen molar-refractivity contribution in [3.63, 3.8) is 0 Å². The van der Waals surface area contributed by atoms with Gasteiger partial charge in [-0.2, -0.15) is 10.1 Å². The molecule has 12 nitrogen and oxygen atoms in total. The Morgan fingerprint density at radius 2 is 1.82 bits per heavy atom. The van der Waals surface area contributed by atoms with Crippen molar-refractivity contribution in [2.24, 2.45) is 12.5 Å². The molecule has 1 amide bonds. The van der Waals surface area contributed by atoms with Crippen LogP contribution in [0.1, 0.15) is 24.2 Å². The Bertz CT molecular complexity index is 1480. The van der Waals surface area contributed by atoms with Crippen molar-refractivity contribution >= 4 is 34.8 Å². The number of carbonyl (C=O) groups is 1. The number of anilines is 3. The smallest absolute Gasteiger partial charge is 0.300 e. The number of nitrogens with one attached hydrogen (secondary N) is 1. The van der Waals surface area contributed by atoms with Gasteiger partial charge in [0.05, 0.1) is 49.3 Å². The molecule has 4 aromatic rings. The van der Waals surface area contributed by atoms with Gasteiger partial charge in [0.1, 0.15) is 11.6 Å². The Balaban J connectivity index is 0.00000135. The minimum absolute atomic E-state index is 0.159. The van der Waals surface area contributed by atoms with Gasteiger partial charge in [0, 0.05) is 51.1 Å². The molecule has 1 N–H and O–H groups in total. The monoisotopic (exact) mass is 532 g/mol. The fourth-order valence-corrected chi connectivity index (χ4v) is 5.03. The molecular weight excluding hydrogens is 500 g/mol. The van der Waals surface area contributed by atoms with Crippen molar-refractivity contribution in [3.8, 4) is 11.3 Å². The van der Waals surface area contributed by atoms with Crippen LogP contribution < -0.4 is 15.1 Å². The molecule has 1 spiro atoms. The highest BCUT2D eigenvalue weighted by Crippen LogP contribution is 2.41. The molecule has 0 unspecified atom stereocenters. The molecule has 0 radical (unpaired) electrons. The number of rotatable bonds is 5. The Labute approximate surface area is 225 Å². The molecule has 204 valence electrons. The molecule has 0 atom stereocenters. The normalized spacial score (nSPS) is 17.8. The van der Waals surface area contributed by atoms with Crippen LogP contribution in [0.4, 0.5) is 17.7 Å². The van der Waals surface area contributed by atoms with Gasteiger partial charge in [-0.15, -0.1) is 0 Å². The number of morpholine rings is 1. The van der Waals surface area contributed by atoms with Crippen LogP contribution in [0.15, 0.2) is 41.1 Å². The number of oxazole rings is 1. The van der Waals surface area contributed by atoms with Crippen molar-refractivity contribution in [1.29, 1.82) is 0 Å². The van der Waals surface area contributed by atoms with E-state index in [1.807, 2.05) is 44.1 Å². The first-order chi connectivity index (χ1) is 19.1. The number of hydrogen-bond acceptors (Lipinski definition) is 10. The number of amides is 1. The topological polar surface area (TPSA) is 124 Å². The van der Waals surface area contributed by atoms with E-state index in [0.29, 0.717) is 60.7 Å². The first kappa shape index (κ1) is 25.3. The van der Waals surface area contributed by atoms with E-state index < -0.39 is 0 Å². The van der Waals surface area contributed by atoms with Crippen molar-refractivity contribution in [1.82, 2.24) is 24.7 Å². The zero-order valence-electron chi connectivity index (χ0n) is 22.4. The van der Waals surface area contributed by atoms with E-state index in [2.05, 4.69) is 25.3 Å². The Morgan fingerprint density at radius 3 is 2.51 bits per heavy atom. The van der Waals surface area contributed by atoms with Gasteiger partial charge in [-0.3, -0.25) is 9.48 Å². The molecule has 39 heavy (non-hydrogen) atoms. The summed E-state index contributed by atoms with van der Waals surface area (Å²) in [5.74, 6) is 0.722. The van der Waals surface area contributed by atoms with Crippen LogP contribution in [-0.2, 0) is 16.5 Å². The van der Waals surface area contributed by atoms with E-state index in [1.165, 1.54) is 0 Å². The first-order valence-corrected chi connectivity index (χ1v) is 13.3. The lowest BCUT2D eigenvalue weighted by molar-refractivity contribution is -0.127. The SMILES string of the molecule is CC.Cn1cc(-c2cccc(NC(=O)c3cc4oc(N5CCOCC5)nc4nc3N3CC4(COC4)C3)n2)cn1. The second kappa shape index (κ2) is 10.3. The maximum absolute atomic E-state index is 13.6. The molecule has 0 saturated carbocycles. The zero-order chi connectivity index (χ0) is 27.0. The maximum atomic E-state index is 13.6. The second-order valence-electron chi connectivity index (χ2n) is 9.89. The number of ether oxygens (including phenoxy) is 2. The van der Waals surface area contributed by atoms with E-state index in [4.69, 9.17) is 18.9 Å². The largest absolute Gasteiger partial charge is 0.422 e. The van der Waals surface area contributed by atoms with Gasteiger partial charge in [-0.1, -0.05) is 19.9 Å². The lowest BCUT2D eigenvalue weighted by Gasteiger charge is -2.55. The zero-order valence-corrected chi connectivity index (χ0v) is 22.4. The van der Waals surface area contributed by atoms with Gasteiger partial charge in [0.15, 0.2) is 5.58 Å². The first-order valence-electron chi connectivity index (χ1n) is 13.3. The molecule has 3 aliphatic rings. The predicted molar refractivity (Wildman–Crippen MR) is 146 cm³/mol. The van der Waals surface area contributed by atoms with Gasteiger partial charge in [0.25, 0.3) is 11.9 Å². The van der Waals surface area contributed by atoms with Gasteiger partial charge >= 0.3 is 0 Å². The van der Waals surface area contributed by atoms with Crippen molar-refractivity contribution in [2.75, 3.05) is 67.7 Å². The molecule has 3 saturated heterocycles. The summed E-state index contributed by atoms with van der Waals surface area (Å²) in [6.45, 7) is 9.68. The van der Waals surface area contributed by atoms with Crippen molar-refractivity contribution < 1.29 is 18.7 Å². The average Bonchev–Trinajstić information content (AvgIpc) is 3.54. The fraction of sp³-hybridized carbons (Fsp3) is 0.444. The van der Waals surface area contributed by atoms with Crippen molar-refractivity contribution in [3.05, 3.63) is 42.2 Å². The van der Waals surface area contributed by atoms with Crippen LogP contribution in [0.2, 0.25) is 0 Å². The lowest BCUT2D eigenvalue weighted by atomic mass is 9.78. The van der Waals surface area contributed by atoms with E-state index in [1.54, 1.807) is 23.0 Å². The van der Waals surface area contributed by atoms with Crippen LogP contribution in [0.25, 0.3) is 22.5 Å². The summed E-state index contributed by atoms with van der Waals surface area (Å²) in [5.41, 5.74) is 3.12. The minimum atomic E-state index is -0.310. The van der Waals surface area contributed by atoms with Gasteiger partial charge in [0.2, 0.25) is 5.65 Å². The highest BCUT2D eigenvalue weighted by Gasteiger charge is 2.50. The highest BCUT2D eigenvalue weighted by molar-refractivity contribution is 6.09. The van der Waals surface area contributed by atoms with Crippen LogP contribution in [0.3, 0.4) is 0 Å². The summed E-state index contributed by atoms with van der Waals surface area (Å²) in [5, 5.41) is 7.15. The van der Waals surface area contributed by atoms with Gasteiger partial charge in [-0.05, 0) is 12.1 Å². The highest BCUT2D eigenvalue weighted by atomic mass is 16.5. The molecule has 4 aromatic heterocycles. The fourth-order valence-electron chi connectivity index (χ4n) is 5.03. The van der Waals surface area contributed by atoms with Crippen LogP contribution in [0.5, 0.6) is 0 Å². The van der Waals surface area contributed by atoms with E-state index >= 15 is 0 Å². The summed E-state index contributed by atoms with van der Waals surface area (Å²) >= 11 is 0. The van der Waals surface area contributed by atoms with E-state index in [0.717, 1.165) is 37.6 Å². The summed E-state index contributed by atoms with van der Waals surface area (Å²) in [6, 6.07) is 7.73. The Hall–Kier alpha value is -4.03. The maximum Gasteiger partial charge on any atom is 0.300 e. The molecule has 0 aromatic carbocycles. The number of aromatic nitrogens is 5. The number of carbonyl (C=O) groups excluding carboxylic acids is 1. The third-order valence-electron chi connectivity index (χ3n) is 7.04. The molecule has 3 fully saturated rings. The number of aryl methyl sites for hydroxylation is 1. The molecule has 7 rings (SSSR count). The Kier molecular flexibility index (Phi) is 6.65. The molecule has 3 aliphatic heterocycles. The summed E-state index contributed by atoms with van der Waals surface area (Å²) in [7, 11) is 1.85. The average molecular weight is 533 g/mol.